The molecule has 6 nitrogen and oxygen atoms in total. The molecule has 1 heterocycles. The predicted octanol–water partition coefficient (Wildman–Crippen LogP) is -0.691. The van der Waals surface area contributed by atoms with Crippen molar-refractivity contribution >= 4 is 5.91 Å². The van der Waals surface area contributed by atoms with Crippen molar-refractivity contribution < 1.29 is 9.90 Å². The Morgan fingerprint density at radius 2 is 2.44 bits per heavy atom. The molecule has 1 unspecified atom stereocenters. The molecular formula is C10H18N4O2. The number of nitrogens with two attached hydrogens (primary N) is 1. The first-order valence-electron chi connectivity index (χ1n) is 5.28. The summed E-state index contributed by atoms with van der Waals surface area (Å²) in [6.45, 7) is 0.678. The van der Waals surface area contributed by atoms with Gasteiger partial charge in [-0.25, -0.2) is 0 Å². The number of carbonyl (C=O) groups is 1. The molecule has 0 spiro atoms. The summed E-state index contributed by atoms with van der Waals surface area (Å²) in [4.78, 5) is 11.6. The number of amides is 1. The van der Waals surface area contributed by atoms with Crippen molar-refractivity contribution in [2.75, 3.05) is 13.2 Å². The Bertz CT molecular complexity index is 337. The fourth-order valence-corrected chi connectivity index (χ4v) is 1.31. The van der Waals surface area contributed by atoms with E-state index in [0.29, 0.717) is 18.5 Å². The maximum atomic E-state index is 11.6. The molecule has 0 saturated heterocycles. The molecule has 1 amide bonds. The molecule has 0 aliphatic carbocycles. The molecule has 0 aliphatic heterocycles. The van der Waals surface area contributed by atoms with Gasteiger partial charge in [0, 0.05) is 32.0 Å². The molecular weight excluding hydrogens is 208 g/mol. The Balaban J connectivity index is 2.36. The van der Waals surface area contributed by atoms with E-state index in [1.165, 1.54) is 0 Å². The minimum absolute atomic E-state index is 0.143. The van der Waals surface area contributed by atoms with Crippen LogP contribution in [-0.2, 0) is 11.8 Å². The highest BCUT2D eigenvalue weighted by Gasteiger charge is 2.16. The van der Waals surface area contributed by atoms with Crippen LogP contribution >= 0.6 is 0 Å². The molecule has 90 valence electrons. The molecule has 0 saturated carbocycles. The number of hydrogen-bond acceptors (Lipinski definition) is 4. The third-order valence-electron chi connectivity index (χ3n) is 2.25. The summed E-state index contributed by atoms with van der Waals surface area (Å²) in [6, 6.07) is -0.678. The van der Waals surface area contributed by atoms with Gasteiger partial charge in [-0.15, -0.1) is 0 Å². The lowest BCUT2D eigenvalue weighted by Crippen LogP contribution is -2.34. The van der Waals surface area contributed by atoms with Gasteiger partial charge in [-0.1, -0.05) is 0 Å². The van der Waals surface area contributed by atoms with Crippen LogP contribution in [-0.4, -0.2) is 33.9 Å². The Morgan fingerprint density at radius 3 is 3.00 bits per heavy atom. The molecule has 1 aromatic heterocycles. The lowest BCUT2D eigenvalue weighted by atomic mass is 10.1. The van der Waals surface area contributed by atoms with E-state index < -0.39 is 6.04 Å². The van der Waals surface area contributed by atoms with Crippen molar-refractivity contribution in [2.24, 2.45) is 12.8 Å². The van der Waals surface area contributed by atoms with Gasteiger partial charge in [-0.3, -0.25) is 9.48 Å². The van der Waals surface area contributed by atoms with Gasteiger partial charge in [-0.2, -0.15) is 5.10 Å². The zero-order valence-corrected chi connectivity index (χ0v) is 9.39. The van der Waals surface area contributed by atoms with Gasteiger partial charge >= 0.3 is 0 Å². The lowest BCUT2D eigenvalue weighted by Gasteiger charge is -2.09. The molecule has 0 fully saturated rings. The van der Waals surface area contributed by atoms with Gasteiger partial charge in [0.2, 0.25) is 5.91 Å². The fourth-order valence-electron chi connectivity index (χ4n) is 1.31. The maximum absolute atomic E-state index is 11.6. The average molecular weight is 226 g/mol. The molecule has 0 aliphatic rings. The smallest absolute Gasteiger partial charge is 0.241 e. The number of aryl methyl sites for hydroxylation is 1. The van der Waals surface area contributed by atoms with Gasteiger partial charge in [-0.05, 0) is 12.8 Å². The van der Waals surface area contributed by atoms with Gasteiger partial charge < -0.3 is 16.2 Å². The normalized spacial score (nSPS) is 12.4. The second-order valence-electron chi connectivity index (χ2n) is 3.65. The fraction of sp³-hybridized carbons (Fsp3) is 0.600. The Morgan fingerprint density at radius 1 is 1.69 bits per heavy atom. The van der Waals surface area contributed by atoms with Crippen molar-refractivity contribution in [3.05, 3.63) is 18.0 Å². The number of rotatable bonds is 6. The monoisotopic (exact) mass is 226 g/mol. The summed E-state index contributed by atoms with van der Waals surface area (Å²) >= 11 is 0. The van der Waals surface area contributed by atoms with E-state index in [0.717, 1.165) is 6.42 Å². The second-order valence-corrected chi connectivity index (χ2v) is 3.65. The van der Waals surface area contributed by atoms with Crippen molar-refractivity contribution in [3.63, 3.8) is 0 Å². The standard InChI is InChI=1S/C10H18N4O2/c1-14-7-8(6-13-14)9(11)10(16)12-4-2-3-5-15/h6-7,9,15H,2-5,11H2,1H3,(H,12,16). The number of aliphatic hydroxyl groups is 1. The molecule has 0 bridgehead atoms. The molecule has 16 heavy (non-hydrogen) atoms. The zero-order chi connectivity index (χ0) is 12.0. The first kappa shape index (κ1) is 12.7. The van der Waals surface area contributed by atoms with E-state index in [1.807, 2.05) is 0 Å². The number of aliphatic hydroxyl groups excluding tert-OH is 1. The summed E-state index contributed by atoms with van der Waals surface area (Å²) < 4.78 is 1.61. The van der Waals surface area contributed by atoms with Crippen molar-refractivity contribution in [1.29, 1.82) is 0 Å². The van der Waals surface area contributed by atoms with Crippen molar-refractivity contribution in [2.45, 2.75) is 18.9 Å². The van der Waals surface area contributed by atoms with E-state index >= 15 is 0 Å². The number of nitrogens with one attached hydrogen (secondary N) is 1. The van der Waals surface area contributed by atoms with Crippen LogP contribution in [0.15, 0.2) is 12.4 Å². The van der Waals surface area contributed by atoms with Crippen molar-refractivity contribution in [3.8, 4) is 0 Å². The topological polar surface area (TPSA) is 93.2 Å². The second kappa shape index (κ2) is 6.24. The largest absolute Gasteiger partial charge is 0.396 e. The predicted molar refractivity (Wildman–Crippen MR) is 59.5 cm³/mol. The summed E-state index contributed by atoms with van der Waals surface area (Å²) in [5, 5.41) is 15.2. The molecule has 0 aromatic carbocycles. The van der Waals surface area contributed by atoms with Gasteiger partial charge in [0.05, 0.1) is 6.20 Å². The van der Waals surface area contributed by atoms with Crippen LogP contribution in [0.25, 0.3) is 0 Å². The minimum Gasteiger partial charge on any atom is -0.396 e. The summed E-state index contributed by atoms with van der Waals surface area (Å²) in [5.74, 6) is -0.217. The number of unbranched alkanes of at least 4 members (excludes halogenated alkanes) is 1. The third-order valence-corrected chi connectivity index (χ3v) is 2.25. The molecule has 1 rings (SSSR count). The minimum atomic E-state index is -0.678. The summed E-state index contributed by atoms with van der Waals surface area (Å²) in [6.07, 6.45) is 4.74. The Hall–Kier alpha value is -1.40. The van der Waals surface area contributed by atoms with Crippen LogP contribution < -0.4 is 11.1 Å². The Kier molecular flexibility index (Phi) is 4.94. The third kappa shape index (κ3) is 3.63. The Labute approximate surface area is 94.4 Å². The number of nitrogens with zero attached hydrogens (tertiary/aromatic N) is 2. The van der Waals surface area contributed by atoms with Gasteiger partial charge in [0.1, 0.15) is 6.04 Å². The quantitative estimate of drug-likeness (QED) is 0.560. The summed E-state index contributed by atoms with van der Waals surface area (Å²) in [7, 11) is 1.77. The molecule has 0 radical (unpaired) electrons. The molecule has 1 aromatic rings. The van der Waals surface area contributed by atoms with Crippen LogP contribution in [0.4, 0.5) is 0 Å². The first-order valence-corrected chi connectivity index (χ1v) is 5.28. The highest BCUT2D eigenvalue weighted by atomic mass is 16.2. The summed E-state index contributed by atoms with van der Waals surface area (Å²) in [5.41, 5.74) is 6.45. The van der Waals surface area contributed by atoms with Crippen LogP contribution in [0, 0.1) is 0 Å². The molecule has 6 heteroatoms. The van der Waals surface area contributed by atoms with Crippen LogP contribution in [0.5, 0.6) is 0 Å². The van der Waals surface area contributed by atoms with Crippen LogP contribution in [0.2, 0.25) is 0 Å². The number of hydrogen-bond donors (Lipinski definition) is 3. The first-order chi connectivity index (χ1) is 7.65. The van der Waals surface area contributed by atoms with E-state index in [-0.39, 0.29) is 12.5 Å². The van der Waals surface area contributed by atoms with E-state index in [9.17, 15) is 4.79 Å². The average Bonchev–Trinajstić information content (AvgIpc) is 2.70. The van der Waals surface area contributed by atoms with Crippen molar-refractivity contribution in [1.82, 2.24) is 15.1 Å². The number of carbonyl (C=O) groups excluding carboxylic acids is 1. The molecule has 1 atom stereocenters. The maximum Gasteiger partial charge on any atom is 0.241 e. The zero-order valence-electron chi connectivity index (χ0n) is 9.39. The van der Waals surface area contributed by atoms with Gasteiger partial charge in [0.25, 0.3) is 0 Å². The number of aromatic nitrogens is 2. The van der Waals surface area contributed by atoms with Crippen LogP contribution in [0.1, 0.15) is 24.4 Å². The van der Waals surface area contributed by atoms with E-state index in [2.05, 4.69) is 10.4 Å². The SMILES string of the molecule is Cn1cc(C(N)C(=O)NCCCCO)cn1. The lowest BCUT2D eigenvalue weighted by molar-refractivity contribution is -0.122. The van der Waals surface area contributed by atoms with Crippen LogP contribution in [0.3, 0.4) is 0 Å². The van der Waals surface area contributed by atoms with E-state index in [1.54, 1.807) is 24.1 Å². The highest BCUT2D eigenvalue weighted by molar-refractivity contribution is 5.82. The molecule has 4 N–H and O–H groups in total. The van der Waals surface area contributed by atoms with Gasteiger partial charge in [0.15, 0.2) is 0 Å². The highest BCUT2D eigenvalue weighted by Crippen LogP contribution is 2.07. The van der Waals surface area contributed by atoms with E-state index in [4.69, 9.17) is 10.8 Å².